The fourth-order valence-corrected chi connectivity index (χ4v) is 3.23. The van der Waals surface area contributed by atoms with Crippen LogP contribution >= 0.6 is 0 Å². The third-order valence-corrected chi connectivity index (χ3v) is 4.73. The third-order valence-electron chi connectivity index (χ3n) is 4.73. The minimum absolute atomic E-state index is 0.103. The molecular weight excluding hydrogens is 328 g/mol. The largest absolute Gasteiger partial charge is 0.477 e. The predicted molar refractivity (Wildman–Crippen MR) is 101 cm³/mol. The van der Waals surface area contributed by atoms with Crippen molar-refractivity contribution in [3.05, 3.63) is 60.2 Å². The summed E-state index contributed by atoms with van der Waals surface area (Å²) in [6.07, 6.45) is 0.222. The van der Waals surface area contributed by atoms with E-state index < -0.39 is 6.10 Å². The molecule has 0 aromatic heterocycles. The molecule has 5 nitrogen and oxygen atoms in total. The maximum Gasteiger partial charge on any atom is 0.262 e. The van der Waals surface area contributed by atoms with Gasteiger partial charge in [-0.1, -0.05) is 49.4 Å². The van der Waals surface area contributed by atoms with E-state index in [0.29, 0.717) is 18.0 Å². The zero-order valence-electron chi connectivity index (χ0n) is 15.1. The van der Waals surface area contributed by atoms with Crippen LogP contribution in [0.5, 0.6) is 5.75 Å². The van der Waals surface area contributed by atoms with Gasteiger partial charge in [-0.05, 0) is 24.1 Å². The average Bonchev–Trinajstić information content (AvgIpc) is 2.68. The van der Waals surface area contributed by atoms with Gasteiger partial charge >= 0.3 is 0 Å². The molecule has 0 saturated carbocycles. The molecule has 2 aromatic carbocycles. The SMILES string of the molecule is CC[C@@H](CNC(=O)[C@@H]1CN(C(C)=O)c2ccccc2O1)c1ccccc1. The standard InChI is InChI=1S/C21H24N2O3/c1-3-16(17-9-5-4-6-10-17)13-22-21(25)20-14-23(15(2)24)18-11-7-8-12-19(18)26-20/h4-12,16,20H,3,13-14H2,1-2H3,(H,22,25)/t16-,20-/m0/s1. The van der Waals surface area contributed by atoms with Crippen LogP contribution < -0.4 is 15.0 Å². The molecule has 0 spiro atoms. The number of carbonyl (C=O) groups is 2. The molecule has 2 aromatic rings. The summed E-state index contributed by atoms with van der Waals surface area (Å²) >= 11 is 0. The summed E-state index contributed by atoms with van der Waals surface area (Å²) in [5, 5.41) is 2.99. The zero-order chi connectivity index (χ0) is 18.5. The van der Waals surface area contributed by atoms with E-state index >= 15 is 0 Å². The van der Waals surface area contributed by atoms with E-state index in [1.165, 1.54) is 12.5 Å². The normalized spacial score (nSPS) is 17.0. The fraction of sp³-hybridized carbons (Fsp3) is 0.333. The van der Waals surface area contributed by atoms with Gasteiger partial charge in [-0.25, -0.2) is 0 Å². The van der Waals surface area contributed by atoms with E-state index in [9.17, 15) is 9.59 Å². The highest BCUT2D eigenvalue weighted by Gasteiger charge is 2.32. The summed E-state index contributed by atoms with van der Waals surface area (Å²) in [6.45, 7) is 4.37. The number of amides is 2. The number of hydrogen-bond donors (Lipinski definition) is 1. The molecule has 0 radical (unpaired) electrons. The van der Waals surface area contributed by atoms with Crippen molar-refractivity contribution in [2.75, 3.05) is 18.0 Å². The highest BCUT2D eigenvalue weighted by Crippen LogP contribution is 2.33. The van der Waals surface area contributed by atoms with Gasteiger partial charge in [0.05, 0.1) is 12.2 Å². The summed E-state index contributed by atoms with van der Waals surface area (Å²) < 4.78 is 5.84. The molecular formula is C21H24N2O3. The van der Waals surface area contributed by atoms with Crippen LogP contribution in [0.2, 0.25) is 0 Å². The monoisotopic (exact) mass is 352 g/mol. The Kier molecular flexibility index (Phi) is 5.56. The van der Waals surface area contributed by atoms with Crippen LogP contribution in [0.3, 0.4) is 0 Å². The number of benzene rings is 2. The van der Waals surface area contributed by atoms with Crippen LogP contribution in [0.1, 0.15) is 31.7 Å². The zero-order valence-corrected chi connectivity index (χ0v) is 15.1. The number of nitrogens with zero attached hydrogens (tertiary/aromatic N) is 1. The van der Waals surface area contributed by atoms with E-state index in [4.69, 9.17) is 4.74 Å². The molecule has 3 rings (SSSR count). The molecule has 1 N–H and O–H groups in total. The summed E-state index contributed by atoms with van der Waals surface area (Å²) in [5.74, 6) is 0.513. The van der Waals surface area contributed by atoms with Gasteiger partial charge in [-0.2, -0.15) is 0 Å². The van der Waals surface area contributed by atoms with E-state index in [1.807, 2.05) is 36.4 Å². The lowest BCUT2D eigenvalue weighted by molar-refractivity contribution is -0.128. The molecule has 1 aliphatic rings. The van der Waals surface area contributed by atoms with Crippen molar-refractivity contribution in [1.29, 1.82) is 0 Å². The first kappa shape index (κ1) is 18.0. The summed E-state index contributed by atoms with van der Waals surface area (Å²) in [7, 11) is 0. The summed E-state index contributed by atoms with van der Waals surface area (Å²) in [4.78, 5) is 26.2. The molecule has 0 saturated heterocycles. The molecule has 2 amide bonds. The van der Waals surface area contributed by atoms with Gasteiger partial charge < -0.3 is 15.0 Å². The molecule has 2 atom stereocenters. The van der Waals surface area contributed by atoms with Crippen LogP contribution in [-0.2, 0) is 9.59 Å². The Bertz CT molecular complexity index is 776. The van der Waals surface area contributed by atoms with Crippen molar-refractivity contribution in [2.24, 2.45) is 0 Å². The van der Waals surface area contributed by atoms with Gasteiger partial charge in [0.2, 0.25) is 5.91 Å². The van der Waals surface area contributed by atoms with Crippen LogP contribution in [0, 0.1) is 0 Å². The quantitative estimate of drug-likeness (QED) is 0.899. The van der Waals surface area contributed by atoms with Crippen molar-refractivity contribution >= 4 is 17.5 Å². The lowest BCUT2D eigenvalue weighted by Gasteiger charge is -2.33. The van der Waals surface area contributed by atoms with Crippen LogP contribution in [0.25, 0.3) is 0 Å². The van der Waals surface area contributed by atoms with Gasteiger partial charge in [0.15, 0.2) is 6.10 Å². The molecule has 136 valence electrons. The van der Waals surface area contributed by atoms with Crippen molar-refractivity contribution < 1.29 is 14.3 Å². The van der Waals surface area contributed by atoms with Crippen molar-refractivity contribution in [3.63, 3.8) is 0 Å². The topological polar surface area (TPSA) is 58.6 Å². The van der Waals surface area contributed by atoms with Gasteiger partial charge in [-0.15, -0.1) is 0 Å². The number of hydrogen-bond acceptors (Lipinski definition) is 3. The Hall–Kier alpha value is -2.82. The minimum Gasteiger partial charge on any atom is -0.477 e. The molecule has 0 unspecified atom stereocenters. The first-order valence-electron chi connectivity index (χ1n) is 8.96. The maximum atomic E-state index is 12.7. The van der Waals surface area contributed by atoms with Gasteiger partial charge in [0.1, 0.15) is 5.75 Å². The maximum absolute atomic E-state index is 12.7. The number of nitrogens with one attached hydrogen (secondary N) is 1. The smallest absolute Gasteiger partial charge is 0.262 e. The molecule has 0 aliphatic carbocycles. The second kappa shape index (κ2) is 8.04. The van der Waals surface area contributed by atoms with Crippen molar-refractivity contribution in [3.8, 4) is 5.75 Å². The molecule has 1 heterocycles. The number of anilines is 1. The third kappa shape index (κ3) is 3.87. The van der Waals surface area contributed by atoms with E-state index in [1.54, 1.807) is 11.0 Å². The Balaban J connectivity index is 1.68. The van der Waals surface area contributed by atoms with E-state index in [0.717, 1.165) is 6.42 Å². The first-order chi connectivity index (χ1) is 12.6. The first-order valence-corrected chi connectivity index (χ1v) is 8.96. The van der Waals surface area contributed by atoms with Crippen molar-refractivity contribution in [1.82, 2.24) is 5.32 Å². The van der Waals surface area contributed by atoms with Gasteiger partial charge in [0, 0.05) is 19.4 Å². The Morgan fingerprint density at radius 1 is 1.15 bits per heavy atom. The average molecular weight is 352 g/mol. The second-order valence-electron chi connectivity index (χ2n) is 6.46. The van der Waals surface area contributed by atoms with Gasteiger partial charge in [0.25, 0.3) is 5.91 Å². The number of para-hydroxylation sites is 2. The minimum atomic E-state index is -0.706. The molecule has 0 bridgehead atoms. The van der Waals surface area contributed by atoms with E-state index in [-0.39, 0.29) is 24.3 Å². The molecule has 26 heavy (non-hydrogen) atoms. The Labute approximate surface area is 154 Å². The Morgan fingerprint density at radius 2 is 1.85 bits per heavy atom. The Morgan fingerprint density at radius 3 is 2.54 bits per heavy atom. The van der Waals surface area contributed by atoms with Crippen LogP contribution in [0.15, 0.2) is 54.6 Å². The number of carbonyl (C=O) groups excluding carboxylic acids is 2. The highest BCUT2D eigenvalue weighted by molar-refractivity contribution is 5.95. The summed E-state index contributed by atoms with van der Waals surface area (Å²) in [5.41, 5.74) is 1.91. The second-order valence-corrected chi connectivity index (χ2v) is 6.46. The lowest BCUT2D eigenvalue weighted by Crippen LogP contribution is -2.50. The van der Waals surface area contributed by atoms with Crippen LogP contribution in [-0.4, -0.2) is 31.0 Å². The molecule has 0 fully saturated rings. The number of rotatable bonds is 5. The number of fused-ring (bicyclic) bond motifs is 1. The number of ether oxygens (including phenoxy) is 1. The highest BCUT2D eigenvalue weighted by atomic mass is 16.5. The van der Waals surface area contributed by atoms with Crippen LogP contribution in [0.4, 0.5) is 5.69 Å². The predicted octanol–water partition coefficient (Wildman–Crippen LogP) is 3.11. The molecule has 1 aliphatic heterocycles. The van der Waals surface area contributed by atoms with E-state index in [2.05, 4.69) is 24.4 Å². The fourth-order valence-electron chi connectivity index (χ4n) is 3.23. The van der Waals surface area contributed by atoms with Crippen molar-refractivity contribution in [2.45, 2.75) is 32.3 Å². The lowest BCUT2D eigenvalue weighted by atomic mass is 9.96. The van der Waals surface area contributed by atoms with Gasteiger partial charge in [-0.3, -0.25) is 9.59 Å². The molecule has 5 heteroatoms. The summed E-state index contributed by atoms with van der Waals surface area (Å²) in [6, 6.07) is 17.4.